The maximum atomic E-state index is 8.17. The third-order valence-electron chi connectivity index (χ3n) is 3.51. The Bertz CT molecular complexity index is 1040. The maximum absolute atomic E-state index is 8.17. The minimum Gasteiger partial charge on any atom is -0.456 e. The van der Waals surface area contributed by atoms with Gasteiger partial charge in [0.25, 0.3) is 0 Å². The lowest BCUT2D eigenvalue weighted by Gasteiger charge is -2.08. The van der Waals surface area contributed by atoms with Crippen LogP contribution in [0.3, 0.4) is 0 Å². The summed E-state index contributed by atoms with van der Waals surface area (Å²) in [5.41, 5.74) is 7.57. The van der Waals surface area contributed by atoms with Gasteiger partial charge in [0.15, 0.2) is 5.58 Å². The first-order valence-electron chi connectivity index (χ1n) is 9.35. The van der Waals surface area contributed by atoms with Crippen LogP contribution in [0.15, 0.2) is 28.0 Å². The number of hydrogen-bond donors (Lipinski definition) is 2. The molecule has 0 amide bonds. The number of fused-ring (bicyclic) bond motifs is 1. The van der Waals surface area contributed by atoms with E-state index in [9.17, 15) is 0 Å². The second kappa shape index (κ2) is 7.89. The van der Waals surface area contributed by atoms with Crippen molar-refractivity contribution in [1.29, 1.82) is 0 Å². The van der Waals surface area contributed by atoms with Crippen LogP contribution in [-0.2, 0) is 17.7 Å². The zero-order chi connectivity index (χ0) is 21.2. The Morgan fingerprint density at radius 1 is 1.68 bits per heavy atom. The minimum atomic E-state index is -2.65. The molecule has 0 aromatic carbocycles. The monoisotopic (exact) mass is 379 g/mol. The summed E-state index contributed by atoms with van der Waals surface area (Å²) >= 11 is 7.76. The molecular formula is C18H18ClN3O2S. The Labute approximate surface area is 160 Å². The molecule has 0 fully saturated rings. The largest absolute Gasteiger partial charge is 0.456 e. The fraction of sp³-hybridized carbons (Fsp3) is 0.278. The molecule has 130 valence electrons. The highest BCUT2D eigenvalue weighted by atomic mass is 35.5. The highest BCUT2D eigenvalue weighted by molar-refractivity contribution is 7.09. The quantitative estimate of drug-likeness (QED) is 0.484. The summed E-state index contributed by atoms with van der Waals surface area (Å²) in [7, 11) is -2.65. The van der Waals surface area contributed by atoms with Crippen LogP contribution >= 0.6 is 22.9 Å². The van der Waals surface area contributed by atoms with Gasteiger partial charge in [0.2, 0.25) is 0 Å². The molecule has 3 aromatic rings. The standard InChI is InChI=1S/C18H18ClN3O2S/c1-3-13-15(7-11(20)10-23-2)24-18-14(8-16(19)22-17(13)18)21-9-12-5-4-6-25-12/h1,4-6,8,11H,7,9-10,20H2,2H3,(H,21,22)/t11-/m1/s1/i2D3,11D. The van der Waals surface area contributed by atoms with Crippen molar-refractivity contribution in [2.45, 2.75) is 19.0 Å². The average molecular weight is 380 g/mol. The van der Waals surface area contributed by atoms with Gasteiger partial charge in [-0.3, -0.25) is 0 Å². The van der Waals surface area contributed by atoms with Crippen LogP contribution in [0.1, 0.15) is 21.7 Å². The van der Waals surface area contributed by atoms with Crippen LogP contribution in [0.25, 0.3) is 11.1 Å². The molecule has 0 saturated heterocycles. The summed E-state index contributed by atoms with van der Waals surface area (Å²) in [6.07, 6.45) is 5.47. The Kier molecular flexibility index (Phi) is 4.17. The zero-order valence-corrected chi connectivity index (χ0v) is 14.7. The number of aromatic nitrogens is 1. The highest BCUT2D eigenvalue weighted by Gasteiger charge is 2.20. The molecule has 0 aliphatic rings. The summed E-state index contributed by atoms with van der Waals surface area (Å²) in [5, 5.41) is 5.45. The van der Waals surface area contributed by atoms with Gasteiger partial charge < -0.3 is 20.2 Å². The number of halogens is 1. The number of rotatable bonds is 7. The Hall–Kier alpha value is -2.04. The van der Waals surface area contributed by atoms with E-state index in [1.54, 1.807) is 17.4 Å². The minimum absolute atomic E-state index is 0.166. The van der Waals surface area contributed by atoms with Crippen LogP contribution in [-0.4, -0.2) is 24.6 Å². The van der Waals surface area contributed by atoms with Crippen molar-refractivity contribution in [2.24, 2.45) is 5.73 Å². The Balaban J connectivity index is 1.92. The van der Waals surface area contributed by atoms with Gasteiger partial charge in [0.1, 0.15) is 16.4 Å². The topological polar surface area (TPSA) is 73.3 Å². The number of nitrogens with zero attached hydrogens (tertiary/aromatic N) is 1. The number of pyridine rings is 1. The summed E-state index contributed by atoms with van der Waals surface area (Å²) < 4.78 is 40.0. The normalized spacial score (nSPS) is 16.4. The van der Waals surface area contributed by atoms with E-state index in [1.165, 1.54) is 0 Å². The number of anilines is 1. The fourth-order valence-electron chi connectivity index (χ4n) is 2.43. The number of methoxy groups -OCH3 is 1. The Morgan fingerprint density at radius 3 is 3.28 bits per heavy atom. The lowest BCUT2D eigenvalue weighted by atomic mass is 10.1. The molecule has 7 heteroatoms. The van der Waals surface area contributed by atoms with E-state index >= 15 is 0 Å². The first-order valence-corrected chi connectivity index (χ1v) is 8.61. The molecule has 3 N–H and O–H groups in total. The van der Waals surface area contributed by atoms with Crippen LogP contribution in [0.4, 0.5) is 5.69 Å². The predicted octanol–water partition coefficient (Wildman–Crippen LogP) is 3.65. The molecule has 1 atom stereocenters. The number of hydrogen-bond acceptors (Lipinski definition) is 6. The van der Waals surface area contributed by atoms with E-state index < -0.39 is 19.7 Å². The molecule has 3 aromatic heterocycles. The van der Waals surface area contributed by atoms with Crippen LogP contribution < -0.4 is 11.1 Å². The number of nitrogens with one attached hydrogen (secondary N) is 1. The summed E-state index contributed by atoms with van der Waals surface area (Å²) in [6, 6.07) is 3.81. The summed E-state index contributed by atoms with van der Waals surface area (Å²) in [4.78, 5) is 5.37. The van der Waals surface area contributed by atoms with E-state index in [0.717, 1.165) is 4.88 Å². The number of furan rings is 1. The lowest BCUT2D eigenvalue weighted by Crippen LogP contribution is -2.28. The molecule has 0 bridgehead atoms. The van der Waals surface area contributed by atoms with Gasteiger partial charge in [-0.05, 0) is 11.4 Å². The van der Waals surface area contributed by atoms with E-state index in [2.05, 4.69) is 21.0 Å². The summed E-state index contributed by atoms with van der Waals surface area (Å²) in [6.45, 7) is 0.0302. The van der Waals surface area contributed by atoms with Crippen molar-refractivity contribution in [2.75, 3.05) is 19.0 Å². The van der Waals surface area contributed by atoms with Crippen LogP contribution in [0.2, 0.25) is 5.15 Å². The third-order valence-corrected chi connectivity index (χ3v) is 4.58. The van der Waals surface area contributed by atoms with Gasteiger partial charge in [-0.15, -0.1) is 17.8 Å². The molecular weight excluding hydrogens is 358 g/mol. The molecule has 0 spiro atoms. The molecule has 5 nitrogen and oxygen atoms in total. The van der Waals surface area contributed by atoms with Gasteiger partial charge in [-0.25, -0.2) is 4.98 Å². The molecule has 0 saturated carbocycles. The van der Waals surface area contributed by atoms with Gasteiger partial charge in [-0.1, -0.05) is 23.6 Å². The number of nitrogens with two attached hydrogens (primary N) is 1. The molecule has 0 unspecified atom stereocenters. The number of terminal acetylenes is 1. The fourth-order valence-corrected chi connectivity index (χ4v) is 3.27. The maximum Gasteiger partial charge on any atom is 0.177 e. The lowest BCUT2D eigenvalue weighted by molar-refractivity contribution is 0.178. The second-order valence-electron chi connectivity index (χ2n) is 5.27. The highest BCUT2D eigenvalue weighted by Crippen LogP contribution is 2.33. The number of thiophene rings is 1. The molecule has 0 radical (unpaired) electrons. The van der Waals surface area contributed by atoms with Crippen molar-refractivity contribution < 1.29 is 14.6 Å². The van der Waals surface area contributed by atoms with Gasteiger partial charge >= 0.3 is 0 Å². The van der Waals surface area contributed by atoms with Crippen molar-refractivity contribution >= 4 is 39.7 Å². The smallest absolute Gasteiger partial charge is 0.177 e. The molecule has 3 heterocycles. The first kappa shape index (κ1) is 13.2. The Morgan fingerprint density at radius 2 is 2.56 bits per heavy atom. The van der Waals surface area contributed by atoms with Crippen molar-refractivity contribution in [3.05, 3.63) is 44.9 Å². The van der Waals surface area contributed by atoms with Crippen molar-refractivity contribution in [3.63, 3.8) is 0 Å². The van der Waals surface area contributed by atoms with E-state index in [1.807, 2.05) is 17.5 Å². The average Bonchev–Trinajstić information content (AvgIpc) is 3.24. The second-order valence-corrected chi connectivity index (χ2v) is 6.69. The molecule has 3 rings (SSSR count). The molecule has 0 aliphatic heterocycles. The van der Waals surface area contributed by atoms with E-state index in [0.29, 0.717) is 28.9 Å². The van der Waals surface area contributed by atoms with Crippen LogP contribution in [0, 0.1) is 12.3 Å². The van der Waals surface area contributed by atoms with E-state index in [4.69, 9.17) is 33.7 Å². The zero-order valence-electron chi connectivity index (χ0n) is 17.1. The number of ether oxygens (including phenoxy) is 1. The first-order chi connectivity index (χ1) is 13.6. The van der Waals surface area contributed by atoms with Crippen molar-refractivity contribution in [1.82, 2.24) is 4.98 Å². The van der Waals surface area contributed by atoms with Gasteiger partial charge in [0, 0.05) is 38.3 Å². The SMILES string of the molecule is [2H]C([2H])([2H])OC[C@]([2H])(N)Cc1oc2c(NCc3cccs3)cc(Cl)nc2c1C#C. The summed E-state index contributed by atoms with van der Waals surface area (Å²) in [5.74, 6) is 2.75. The van der Waals surface area contributed by atoms with Gasteiger partial charge in [-0.2, -0.15) is 0 Å². The van der Waals surface area contributed by atoms with Crippen LogP contribution in [0.5, 0.6) is 0 Å². The van der Waals surface area contributed by atoms with Gasteiger partial charge in [0.05, 0.1) is 22.0 Å². The van der Waals surface area contributed by atoms with Crippen molar-refractivity contribution in [3.8, 4) is 12.3 Å². The third kappa shape index (κ3) is 3.97. The van der Waals surface area contributed by atoms with E-state index in [-0.39, 0.29) is 17.3 Å². The molecule has 25 heavy (non-hydrogen) atoms. The predicted molar refractivity (Wildman–Crippen MR) is 102 cm³/mol. The molecule has 0 aliphatic carbocycles.